The molecule has 2 amide bonds. The summed E-state index contributed by atoms with van der Waals surface area (Å²) >= 11 is 2.61. The van der Waals surface area contributed by atoms with Crippen molar-refractivity contribution in [3.05, 3.63) is 17.5 Å². The number of aliphatic carboxylic acids is 1. The van der Waals surface area contributed by atoms with Crippen LogP contribution in [0.15, 0.2) is 22.5 Å². The number of hydrogen-bond donors (Lipinski definition) is 3. The lowest BCUT2D eigenvalue weighted by molar-refractivity contribution is -0.192. The normalized spacial score (nSPS) is 25.8. The summed E-state index contributed by atoms with van der Waals surface area (Å²) in [5.41, 5.74) is -1.25. The van der Waals surface area contributed by atoms with E-state index in [9.17, 15) is 23.7 Å². The number of amides is 2. The fraction of sp³-hybridized carbons (Fsp3) is 0.533. The highest BCUT2D eigenvalue weighted by atomic mass is 32.2. The summed E-state index contributed by atoms with van der Waals surface area (Å²) in [5.74, 6) is -2.49. The molecule has 1 fully saturated rings. The fourth-order valence-corrected chi connectivity index (χ4v) is 6.16. The van der Waals surface area contributed by atoms with Gasteiger partial charge in [0.15, 0.2) is 0 Å². The fourth-order valence-electron chi connectivity index (χ4n) is 3.14. The van der Waals surface area contributed by atoms with Crippen LogP contribution in [0.4, 0.5) is 0 Å². The molecule has 0 saturated carbocycles. The van der Waals surface area contributed by atoms with Crippen LogP contribution in [-0.2, 0) is 29.9 Å². The number of carboxylic acids is 1. The Morgan fingerprint density at radius 3 is 2.90 bits per heavy atom. The predicted molar refractivity (Wildman–Crippen MR) is 106 cm³/mol. The molecule has 0 aromatic carbocycles. The van der Waals surface area contributed by atoms with Crippen molar-refractivity contribution in [1.29, 1.82) is 0 Å². The van der Waals surface area contributed by atoms with Gasteiger partial charge in [-0.3, -0.25) is 18.7 Å². The molecule has 1 aromatic rings. The molecule has 3 N–H and O–H groups in total. The van der Waals surface area contributed by atoms with Gasteiger partial charge < -0.3 is 15.2 Å². The number of fused-ring (bicyclic) bond motifs is 1. The molecule has 3 rings (SSSR count). The summed E-state index contributed by atoms with van der Waals surface area (Å²) in [5, 5.41) is 22.0. The molecule has 29 heavy (non-hydrogen) atoms. The van der Waals surface area contributed by atoms with Crippen LogP contribution < -0.4 is 5.32 Å². The Morgan fingerprint density at radius 1 is 1.62 bits per heavy atom. The molecular weight excluding hydrogens is 442 g/mol. The minimum absolute atomic E-state index is 0.122. The van der Waals surface area contributed by atoms with E-state index in [1.165, 1.54) is 43.1 Å². The van der Waals surface area contributed by atoms with Crippen molar-refractivity contribution in [2.45, 2.75) is 28.3 Å². The van der Waals surface area contributed by atoms with E-state index < -0.39 is 39.7 Å². The summed E-state index contributed by atoms with van der Waals surface area (Å²) in [6.07, 6.45) is 2.90. The third kappa shape index (κ3) is 3.93. The van der Waals surface area contributed by atoms with Gasteiger partial charge in [-0.05, 0) is 12.5 Å². The van der Waals surface area contributed by atoms with E-state index in [0.29, 0.717) is 16.4 Å². The van der Waals surface area contributed by atoms with Crippen molar-refractivity contribution >= 4 is 52.1 Å². The quantitative estimate of drug-likeness (QED) is 0.259. The average Bonchev–Trinajstić information content (AvgIpc) is 3.16. The number of β-lactam (4-membered cyclic amide) rings is 1. The molecule has 2 unspecified atom stereocenters. The standard InChI is InChI=1S/C15H19N5O6S3/c1-7(28-10-4-16-19-18-10)8-5-27-14-15(26-2,17-9(21)6-29(3)25)13(24)20(14)11(8)12(22)23/h4,7,14H,5-6H2,1-3H3,(H,17,21)(H,22,23)(H,16,18,19)/t7?,14-,15-,29?/m0/s1. The van der Waals surface area contributed by atoms with Gasteiger partial charge in [0.25, 0.3) is 11.6 Å². The minimum Gasteiger partial charge on any atom is -0.477 e. The smallest absolute Gasteiger partial charge is 0.352 e. The number of aromatic amines is 1. The van der Waals surface area contributed by atoms with Crippen molar-refractivity contribution in [1.82, 2.24) is 25.6 Å². The van der Waals surface area contributed by atoms with Crippen LogP contribution in [-0.4, -0.2) is 88.6 Å². The van der Waals surface area contributed by atoms with E-state index >= 15 is 0 Å². The predicted octanol–water partition coefficient (Wildman–Crippen LogP) is -0.623. The van der Waals surface area contributed by atoms with Gasteiger partial charge in [-0.25, -0.2) is 4.79 Å². The lowest BCUT2D eigenvalue weighted by Crippen LogP contribution is -2.81. The molecule has 1 saturated heterocycles. The lowest BCUT2D eigenvalue weighted by atomic mass is 9.97. The number of ether oxygens (including phenoxy) is 1. The second kappa shape index (κ2) is 8.45. The van der Waals surface area contributed by atoms with E-state index in [1.807, 2.05) is 6.92 Å². The number of carbonyl (C=O) groups is 3. The number of carbonyl (C=O) groups excluding carboxylic acids is 2. The van der Waals surface area contributed by atoms with Crippen molar-refractivity contribution in [2.75, 3.05) is 24.9 Å². The van der Waals surface area contributed by atoms with Crippen LogP contribution >= 0.6 is 23.5 Å². The van der Waals surface area contributed by atoms with Crippen molar-refractivity contribution < 1.29 is 28.4 Å². The zero-order valence-corrected chi connectivity index (χ0v) is 18.2. The summed E-state index contributed by atoms with van der Waals surface area (Å²) in [7, 11) is -0.127. The monoisotopic (exact) mass is 461 g/mol. The number of H-pyrrole nitrogens is 1. The van der Waals surface area contributed by atoms with Crippen molar-refractivity contribution in [3.8, 4) is 0 Å². The molecule has 0 bridgehead atoms. The Labute approximate surface area is 176 Å². The maximum Gasteiger partial charge on any atom is 0.352 e. The molecule has 0 radical (unpaired) electrons. The molecule has 14 heteroatoms. The number of nitrogens with one attached hydrogen (secondary N) is 2. The van der Waals surface area contributed by atoms with Crippen LogP contribution in [0, 0.1) is 0 Å². The van der Waals surface area contributed by atoms with Gasteiger partial charge in [0.05, 0.1) is 6.20 Å². The zero-order valence-electron chi connectivity index (χ0n) is 15.7. The first-order chi connectivity index (χ1) is 13.7. The zero-order chi connectivity index (χ0) is 21.3. The molecule has 0 aliphatic carbocycles. The van der Waals surface area contributed by atoms with Crippen LogP contribution in [0.5, 0.6) is 0 Å². The lowest BCUT2D eigenvalue weighted by Gasteiger charge is -2.56. The van der Waals surface area contributed by atoms with Gasteiger partial charge >= 0.3 is 5.97 Å². The van der Waals surface area contributed by atoms with Gasteiger partial charge in [-0.2, -0.15) is 10.3 Å². The van der Waals surface area contributed by atoms with Gasteiger partial charge in [-0.1, -0.05) is 11.8 Å². The SMILES string of the molecule is CO[C@@]1(NC(=O)CS(C)=O)C(=O)N2C(C(=O)O)=C(C(C)Sc3cn[nH]n3)CS[C@H]21. The molecule has 1 aromatic heterocycles. The van der Waals surface area contributed by atoms with Crippen molar-refractivity contribution in [3.63, 3.8) is 0 Å². The van der Waals surface area contributed by atoms with Crippen LogP contribution in [0.1, 0.15) is 6.92 Å². The highest BCUT2D eigenvalue weighted by Crippen LogP contribution is 2.48. The number of methoxy groups -OCH3 is 1. The van der Waals surface area contributed by atoms with Crippen LogP contribution in [0.2, 0.25) is 0 Å². The molecule has 4 atom stereocenters. The second-order valence-corrected chi connectivity index (χ2v) is 10.2. The third-order valence-corrected chi connectivity index (χ3v) is 7.51. The van der Waals surface area contributed by atoms with E-state index in [2.05, 4.69) is 20.7 Å². The largest absolute Gasteiger partial charge is 0.477 e. The molecule has 11 nitrogen and oxygen atoms in total. The van der Waals surface area contributed by atoms with Gasteiger partial charge in [0, 0.05) is 35.2 Å². The number of carboxylic acid groups (broad SMARTS) is 1. The number of rotatable bonds is 8. The van der Waals surface area contributed by atoms with E-state index in [-0.39, 0.29) is 16.7 Å². The number of hydrogen-bond acceptors (Lipinski definition) is 9. The van der Waals surface area contributed by atoms with E-state index in [1.54, 1.807) is 0 Å². The molecule has 158 valence electrons. The maximum atomic E-state index is 12.9. The first-order valence-electron chi connectivity index (χ1n) is 8.31. The molecule has 0 spiro atoms. The van der Waals surface area contributed by atoms with E-state index in [0.717, 1.165) is 4.90 Å². The summed E-state index contributed by atoms with van der Waals surface area (Å²) in [6.45, 7) is 1.82. The Hall–Kier alpha value is -1.90. The van der Waals surface area contributed by atoms with Crippen LogP contribution in [0.3, 0.4) is 0 Å². The Balaban J connectivity index is 1.88. The third-order valence-electron chi connectivity index (χ3n) is 4.43. The molecular formula is C15H19N5O6S3. The summed E-state index contributed by atoms with van der Waals surface area (Å²) < 4.78 is 16.6. The van der Waals surface area contributed by atoms with Crippen LogP contribution in [0.25, 0.3) is 0 Å². The summed E-state index contributed by atoms with van der Waals surface area (Å²) in [6, 6.07) is 0. The topological polar surface area (TPSA) is 155 Å². The Kier molecular flexibility index (Phi) is 6.36. The number of aromatic nitrogens is 3. The molecule has 3 heterocycles. The highest BCUT2D eigenvalue weighted by molar-refractivity contribution is 8.01. The average molecular weight is 462 g/mol. The summed E-state index contributed by atoms with van der Waals surface area (Å²) in [4.78, 5) is 38.2. The first kappa shape index (κ1) is 21.8. The Morgan fingerprint density at radius 2 is 2.34 bits per heavy atom. The first-order valence-corrected chi connectivity index (χ1v) is 12.0. The number of thioether (sulfide) groups is 2. The molecule has 2 aliphatic rings. The number of nitrogens with zero attached hydrogens (tertiary/aromatic N) is 3. The van der Waals surface area contributed by atoms with E-state index in [4.69, 9.17) is 4.74 Å². The highest BCUT2D eigenvalue weighted by Gasteiger charge is 2.66. The maximum absolute atomic E-state index is 12.9. The molecule has 2 aliphatic heterocycles. The van der Waals surface area contributed by atoms with Gasteiger partial charge in [-0.15, -0.1) is 16.9 Å². The Bertz CT molecular complexity index is 891. The minimum atomic E-state index is -1.68. The van der Waals surface area contributed by atoms with Gasteiger partial charge in [0.2, 0.25) is 5.91 Å². The van der Waals surface area contributed by atoms with Gasteiger partial charge in [0.1, 0.15) is 21.8 Å². The van der Waals surface area contributed by atoms with Crippen molar-refractivity contribution in [2.24, 2.45) is 0 Å². The second-order valence-electron chi connectivity index (χ2n) is 6.29.